The quantitative estimate of drug-likeness (QED) is 0.527. The summed E-state index contributed by atoms with van der Waals surface area (Å²) in [4.78, 5) is 3.56. The highest BCUT2D eigenvalue weighted by Gasteiger charge is 1.99. The van der Waals surface area contributed by atoms with E-state index in [4.69, 9.17) is 9.47 Å². The first-order valence-electron chi connectivity index (χ1n) is 3.98. The van der Waals surface area contributed by atoms with Crippen LogP contribution < -0.4 is 4.74 Å². The van der Waals surface area contributed by atoms with E-state index in [0.29, 0.717) is 19.1 Å². The second-order valence-corrected chi connectivity index (χ2v) is 2.65. The van der Waals surface area contributed by atoms with Crippen LogP contribution in [0.25, 0.3) is 0 Å². The van der Waals surface area contributed by atoms with Gasteiger partial charge >= 0.3 is 0 Å². The highest BCUT2D eigenvalue weighted by atomic mass is 19.1. The average molecular weight is 185 g/mol. The van der Waals surface area contributed by atoms with Gasteiger partial charge in [0.1, 0.15) is 6.61 Å². The Morgan fingerprint density at radius 3 is 2.77 bits per heavy atom. The lowest BCUT2D eigenvalue weighted by Crippen LogP contribution is -2.06. The van der Waals surface area contributed by atoms with Gasteiger partial charge in [-0.25, -0.2) is 0 Å². The topological polar surface area (TPSA) is 31.4 Å². The number of aryl methyl sites for hydroxylation is 1. The van der Waals surface area contributed by atoms with E-state index in [1.165, 1.54) is 6.07 Å². The van der Waals surface area contributed by atoms with Gasteiger partial charge in [0.2, 0.25) is 11.8 Å². The van der Waals surface area contributed by atoms with E-state index < -0.39 is 5.95 Å². The van der Waals surface area contributed by atoms with E-state index in [2.05, 4.69) is 4.98 Å². The van der Waals surface area contributed by atoms with Crippen LogP contribution in [0.5, 0.6) is 5.88 Å². The second kappa shape index (κ2) is 4.77. The maximum absolute atomic E-state index is 12.7. The predicted octanol–water partition coefficient (Wildman–Crippen LogP) is 1.55. The molecule has 1 heterocycles. The molecular weight excluding hydrogens is 173 g/mol. The van der Waals surface area contributed by atoms with E-state index in [1.807, 2.05) is 0 Å². The SMILES string of the molecule is COCCOc1cc(C)cc(F)n1. The molecule has 0 unspecified atom stereocenters. The minimum absolute atomic E-state index is 0.301. The van der Waals surface area contributed by atoms with Gasteiger partial charge in [0.05, 0.1) is 6.61 Å². The van der Waals surface area contributed by atoms with Gasteiger partial charge in [-0.15, -0.1) is 0 Å². The number of methoxy groups -OCH3 is 1. The van der Waals surface area contributed by atoms with Crippen LogP contribution in [-0.4, -0.2) is 25.3 Å². The van der Waals surface area contributed by atoms with Crippen molar-refractivity contribution in [2.75, 3.05) is 20.3 Å². The molecule has 72 valence electrons. The van der Waals surface area contributed by atoms with Crippen molar-refractivity contribution in [3.05, 3.63) is 23.6 Å². The Morgan fingerprint density at radius 2 is 2.15 bits per heavy atom. The molecule has 13 heavy (non-hydrogen) atoms. The molecule has 0 saturated heterocycles. The van der Waals surface area contributed by atoms with Crippen molar-refractivity contribution in [3.8, 4) is 5.88 Å². The number of aromatic nitrogens is 1. The van der Waals surface area contributed by atoms with Gasteiger partial charge in [-0.1, -0.05) is 0 Å². The fourth-order valence-corrected chi connectivity index (χ4v) is 0.898. The lowest BCUT2D eigenvalue weighted by Gasteiger charge is -2.04. The Kier molecular flexibility index (Phi) is 3.64. The number of pyridine rings is 1. The number of halogens is 1. The third-order valence-corrected chi connectivity index (χ3v) is 1.45. The van der Waals surface area contributed by atoms with Crippen molar-refractivity contribution in [3.63, 3.8) is 0 Å². The van der Waals surface area contributed by atoms with Crippen molar-refractivity contribution in [2.45, 2.75) is 6.92 Å². The lowest BCUT2D eigenvalue weighted by atomic mass is 10.3. The minimum Gasteiger partial charge on any atom is -0.475 e. The zero-order chi connectivity index (χ0) is 9.68. The lowest BCUT2D eigenvalue weighted by molar-refractivity contribution is 0.143. The smallest absolute Gasteiger partial charge is 0.216 e. The Balaban J connectivity index is 2.56. The summed E-state index contributed by atoms with van der Waals surface area (Å²) in [5, 5.41) is 0. The summed E-state index contributed by atoms with van der Waals surface area (Å²) in [6, 6.07) is 3.03. The first-order chi connectivity index (χ1) is 6.22. The number of hydrogen-bond donors (Lipinski definition) is 0. The van der Waals surface area contributed by atoms with E-state index in [0.717, 1.165) is 5.56 Å². The predicted molar refractivity (Wildman–Crippen MR) is 46.3 cm³/mol. The van der Waals surface area contributed by atoms with Crippen LogP contribution in [-0.2, 0) is 4.74 Å². The third kappa shape index (κ3) is 3.38. The van der Waals surface area contributed by atoms with Crippen molar-refractivity contribution >= 4 is 0 Å². The third-order valence-electron chi connectivity index (χ3n) is 1.45. The van der Waals surface area contributed by atoms with Crippen molar-refractivity contribution < 1.29 is 13.9 Å². The largest absolute Gasteiger partial charge is 0.475 e. The first kappa shape index (κ1) is 9.92. The van der Waals surface area contributed by atoms with Gasteiger partial charge < -0.3 is 9.47 Å². The minimum atomic E-state index is -0.521. The Hall–Kier alpha value is -1.16. The summed E-state index contributed by atoms with van der Waals surface area (Å²) in [6.45, 7) is 2.64. The molecule has 0 fully saturated rings. The van der Waals surface area contributed by atoms with Crippen LogP contribution in [0.1, 0.15) is 5.56 Å². The van der Waals surface area contributed by atoms with Gasteiger partial charge in [-0.05, 0) is 18.6 Å². The highest BCUT2D eigenvalue weighted by molar-refractivity contribution is 5.19. The Bertz CT molecular complexity index is 258. The van der Waals surface area contributed by atoms with E-state index in [-0.39, 0.29) is 0 Å². The first-order valence-corrected chi connectivity index (χ1v) is 3.98. The summed E-state index contributed by atoms with van der Waals surface area (Å²) in [7, 11) is 1.58. The van der Waals surface area contributed by atoms with Crippen LogP contribution >= 0.6 is 0 Å². The molecular formula is C9H12FNO2. The Labute approximate surface area is 76.5 Å². The van der Waals surface area contributed by atoms with Gasteiger partial charge in [0.25, 0.3) is 0 Å². The van der Waals surface area contributed by atoms with Crippen LogP contribution in [0.2, 0.25) is 0 Å². The summed E-state index contributed by atoms with van der Waals surface area (Å²) in [5.74, 6) is -0.220. The number of nitrogens with zero attached hydrogens (tertiary/aromatic N) is 1. The molecule has 3 nitrogen and oxygen atoms in total. The van der Waals surface area contributed by atoms with Crippen molar-refractivity contribution in [2.24, 2.45) is 0 Å². The van der Waals surface area contributed by atoms with Crippen LogP contribution in [0.4, 0.5) is 4.39 Å². The van der Waals surface area contributed by atoms with E-state index in [9.17, 15) is 4.39 Å². The average Bonchev–Trinajstić information content (AvgIpc) is 2.03. The van der Waals surface area contributed by atoms with E-state index >= 15 is 0 Å². The maximum Gasteiger partial charge on any atom is 0.216 e. The molecule has 0 bridgehead atoms. The van der Waals surface area contributed by atoms with Gasteiger partial charge in [-0.2, -0.15) is 9.37 Å². The monoisotopic (exact) mass is 185 g/mol. The summed E-state index contributed by atoms with van der Waals surface area (Å²) < 4.78 is 22.6. The normalized spacial score (nSPS) is 10.1. The number of hydrogen-bond acceptors (Lipinski definition) is 3. The van der Waals surface area contributed by atoms with E-state index in [1.54, 1.807) is 20.1 Å². The molecule has 0 N–H and O–H groups in total. The highest BCUT2D eigenvalue weighted by Crippen LogP contribution is 2.10. The molecule has 0 aliphatic carbocycles. The summed E-state index contributed by atoms with van der Waals surface area (Å²) in [5.41, 5.74) is 0.792. The van der Waals surface area contributed by atoms with Crippen LogP contribution in [0.3, 0.4) is 0 Å². The Morgan fingerprint density at radius 1 is 1.38 bits per heavy atom. The maximum atomic E-state index is 12.7. The molecule has 0 aliphatic heterocycles. The molecule has 0 spiro atoms. The fourth-order valence-electron chi connectivity index (χ4n) is 0.898. The molecule has 0 amide bonds. The van der Waals surface area contributed by atoms with Gasteiger partial charge in [-0.3, -0.25) is 0 Å². The van der Waals surface area contributed by atoms with Crippen molar-refractivity contribution in [1.82, 2.24) is 4.98 Å². The fraction of sp³-hybridized carbons (Fsp3) is 0.444. The number of ether oxygens (including phenoxy) is 2. The zero-order valence-corrected chi connectivity index (χ0v) is 7.71. The zero-order valence-electron chi connectivity index (χ0n) is 7.71. The number of rotatable bonds is 4. The molecule has 1 aromatic rings. The molecule has 4 heteroatoms. The molecule has 0 aliphatic rings. The molecule has 0 saturated carbocycles. The van der Waals surface area contributed by atoms with Crippen molar-refractivity contribution in [1.29, 1.82) is 0 Å². The van der Waals surface area contributed by atoms with Gasteiger partial charge in [0.15, 0.2) is 0 Å². The van der Waals surface area contributed by atoms with Crippen LogP contribution in [0, 0.1) is 12.9 Å². The van der Waals surface area contributed by atoms with Gasteiger partial charge in [0, 0.05) is 13.2 Å². The molecule has 0 radical (unpaired) electrons. The summed E-state index contributed by atoms with van der Waals surface area (Å²) >= 11 is 0. The second-order valence-electron chi connectivity index (χ2n) is 2.65. The molecule has 1 aromatic heterocycles. The standard InChI is InChI=1S/C9H12FNO2/c1-7-5-8(10)11-9(6-7)13-4-3-12-2/h5-6H,3-4H2,1-2H3. The molecule has 0 aromatic carbocycles. The van der Waals surface area contributed by atoms with Crippen LogP contribution in [0.15, 0.2) is 12.1 Å². The molecule has 0 atom stereocenters. The summed E-state index contributed by atoms with van der Waals surface area (Å²) in [6.07, 6.45) is 0. The molecule has 1 rings (SSSR count).